The monoisotopic (exact) mass is 296 g/mol. The smallest absolute Gasteiger partial charge is 0.385 e. The minimum absolute atomic E-state index is 0.0624. The van der Waals surface area contributed by atoms with Gasteiger partial charge in [0.05, 0.1) is 12.0 Å². The summed E-state index contributed by atoms with van der Waals surface area (Å²) in [5, 5.41) is 10.00. The molecule has 0 heterocycles. The lowest BCUT2D eigenvalue weighted by Gasteiger charge is -2.30. The van der Waals surface area contributed by atoms with Crippen molar-refractivity contribution in [1.82, 2.24) is 0 Å². The van der Waals surface area contributed by atoms with Crippen molar-refractivity contribution in [2.75, 3.05) is 0 Å². The molecule has 1 aromatic carbocycles. The number of alkyl halides is 5. The minimum atomic E-state index is -5.67. The maximum Gasteiger partial charge on any atom is 0.453 e. The molecule has 0 fully saturated rings. The van der Waals surface area contributed by atoms with Crippen molar-refractivity contribution in [3.8, 4) is 0 Å². The summed E-state index contributed by atoms with van der Waals surface area (Å²) < 4.78 is 62.8. The van der Waals surface area contributed by atoms with Gasteiger partial charge >= 0.3 is 12.1 Å². The average molecular weight is 296 g/mol. The Hall–Kier alpha value is -1.17. The third-order valence-corrected chi connectivity index (χ3v) is 3.07. The molecule has 0 aliphatic rings. The highest BCUT2D eigenvalue weighted by molar-refractivity contribution is 5.28. The van der Waals surface area contributed by atoms with Crippen molar-refractivity contribution >= 4 is 0 Å². The van der Waals surface area contributed by atoms with Gasteiger partial charge in [0, 0.05) is 0 Å². The van der Waals surface area contributed by atoms with Crippen LogP contribution in [0.4, 0.5) is 22.0 Å². The van der Waals surface area contributed by atoms with Crippen LogP contribution in [-0.4, -0.2) is 17.2 Å². The van der Waals surface area contributed by atoms with Crippen LogP contribution in [0.3, 0.4) is 0 Å². The first-order valence-electron chi connectivity index (χ1n) is 6.26. The van der Waals surface area contributed by atoms with Gasteiger partial charge < -0.3 is 5.11 Å². The summed E-state index contributed by atoms with van der Waals surface area (Å²) in [4.78, 5) is 0. The van der Waals surface area contributed by atoms with Crippen molar-refractivity contribution < 1.29 is 27.1 Å². The molecule has 0 aliphatic carbocycles. The normalized spacial score (nSPS) is 16.0. The Bertz CT molecular complexity index is 451. The van der Waals surface area contributed by atoms with Crippen LogP contribution >= 0.6 is 0 Å². The van der Waals surface area contributed by atoms with Crippen LogP contribution in [0, 0.1) is 0 Å². The van der Waals surface area contributed by atoms with Crippen LogP contribution in [-0.2, 0) is 12.0 Å². The molecule has 1 nitrogen and oxygen atoms in total. The first-order valence-corrected chi connectivity index (χ1v) is 6.26. The molecule has 0 amide bonds. The lowest BCUT2D eigenvalue weighted by Crippen LogP contribution is -2.42. The van der Waals surface area contributed by atoms with Crippen LogP contribution in [0.25, 0.3) is 0 Å². The van der Waals surface area contributed by atoms with Gasteiger partial charge in [-0.2, -0.15) is 22.0 Å². The molecule has 0 saturated carbocycles. The second-order valence-electron chi connectivity index (χ2n) is 5.10. The molecule has 0 bridgehead atoms. The van der Waals surface area contributed by atoms with E-state index in [9.17, 15) is 27.1 Å². The topological polar surface area (TPSA) is 20.2 Å². The van der Waals surface area contributed by atoms with Gasteiger partial charge in [0.1, 0.15) is 0 Å². The predicted octanol–water partition coefficient (Wildman–Crippen LogP) is 4.43. The van der Waals surface area contributed by atoms with Crippen molar-refractivity contribution in [3.63, 3.8) is 0 Å². The summed E-state index contributed by atoms with van der Waals surface area (Å²) in [5.41, 5.74) is -1.39. The zero-order valence-corrected chi connectivity index (χ0v) is 11.3. The summed E-state index contributed by atoms with van der Waals surface area (Å²) in [7, 11) is 0. The van der Waals surface area contributed by atoms with Gasteiger partial charge in [0.15, 0.2) is 0 Å². The van der Waals surface area contributed by atoms with E-state index in [0.717, 1.165) is 18.9 Å². The molecule has 114 valence electrons. The first kappa shape index (κ1) is 16.9. The van der Waals surface area contributed by atoms with Crippen molar-refractivity contribution in [2.45, 2.75) is 50.8 Å². The van der Waals surface area contributed by atoms with Crippen LogP contribution in [0.1, 0.15) is 37.8 Å². The lowest BCUT2D eigenvalue weighted by atomic mass is 9.88. The Morgan fingerprint density at radius 2 is 1.70 bits per heavy atom. The first-order chi connectivity index (χ1) is 8.99. The molecule has 0 saturated heterocycles. The van der Waals surface area contributed by atoms with Crippen LogP contribution in [0.15, 0.2) is 24.3 Å². The fraction of sp³-hybridized carbons (Fsp3) is 0.571. The van der Waals surface area contributed by atoms with Crippen LogP contribution in [0.2, 0.25) is 0 Å². The Morgan fingerprint density at radius 3 is 2.20 bits per heavy atom. The molecule has 1 N–H and O–H groups in total. The van der Waals surface area contributed by atoms with E-state index in [1.54, 1.807) is 12.1 Å². The van der Waals surface area contributed by atoms with Crippen LogP contribution in [0.5, 0.6) is 0 Å². The number of aliphatic hydroxyl groups is 1. The number of benzene rings is 1. The highest BCUT2D eigenvalue weighted by atomic mass is 19.4. The van der Waals surface area contributed by atoms with Gasteiger partial charge in [-0.3, -0.25) is 0 Å². The molecule has 0 aliphatic heterocycles. The van der Waals surface area contributed by atoms with E-state index in [2.05, 4.69) is 0 Å². The van der Waals surface area contributed by atoms with Crippen LogP contribution < -0.4 is 0 Å². The molecular formula is C14H17F5O. The minimum Gasteiger partial charge on any atom is -0.385 e. The number of hydrogen-bond acceptors (Lipinski definition) is 1. The van der Waals surface area contributed by atoms with Gasteiger partial charge in [-0.25, -0.2) is 0 Å². The fourth-order valence-electron chi connectivity index (χ4n) is 1.99. The van der Waals surface area contributed by atoms with E-state index in [-0.39, 0.29) is 5.56 Å². The average Bonchev–Trinajstić information content (AvgIpc) is 2.27. The molecular weight excluding hydrogens is 279 g/mol. The summed E-state index contributed by atoms with van der Waals surface area (Å²) in [6, 6.07) is 6.10. The number of rotatable bonds is 5. The van der Waals surface area contributed by atoms with E-state index < -0.39 is 24.1 Å². The summed E-state index contributed by atoms with van der Waals surface area (Å²) in [6.45, 7) is 2.89. The van der Waals surface area contributed by atoms with Gasteiger partial charge in [0.25, 0.3) is 0 Å². The maximum absolute atomic E-state index is 13.1. The van der Waals surface area contributed by atoms with Crippen molar-refractivity contribution in [1.29, 1.82) is 0 Å². The molecule has 1 atom stereocenters. The SMILES string of the molecule is CCCc1cccc(C(C)(O)CC(F)(F)C(F)(F)F)c1. The molecule has 1 rings (SSSR count). The lowest BCUT2D eigenvalue weighted by molar-refractivity contribution is -0.296. The van der Waals surface area contributed by atoms with E-state index >= 15 is 0 Å². The predicted molar refractivity (Wildman–Crippen MR) is 65.6 cm³/mol. The molecule has 6 heteroatoms. The largest absolute Gasteiger partial charge is 0.453 e. The highest BCUT2D eigenvalue weighted by Crippen LogP contribution is 2.43. The molecule has 0 radical (unpaired) electrons. The third-order valence-electron chi connectivity index (χ3n) is 3.07. The van der Waals surface area contributed by atoms with Gasteiger partial charge in [0.2, 0.25) is 0 Å². The third kappa shape index (κ3) is 3.91. The van der Waals surface area contributed by atoms with E-state index in [1.807, 2.05) is 6.92 Å². The van der Waals surface area contributed by atoms with Gasteiger partial charge in [-0.05, 0) is 24.5 Å². The Balaban J connectivity index is 3.02. The summed E-state index contributed by atoms with van der Waals surface area (Å²) >= 11 is 0. The Kier molecular flexibility index (Phi) is 4.79. The number of aryl methyl sites for hydroxylation is 1. The quantitative estimate of drug-likeness (QED) is 0.797. The second kappa shape index (κ2) is 5.68. The Morgan fingerprint density at radius 1 is 1.10 bits per heavy atom. The molecule has 20 heavy (non-hydrogen) atoms. The zero-order valence-electron chi connectivity index (χ0n) is 11.3. The molecule has 0 aromatic heterocycles. The fourth-order valence-corrected chi connectivity index (χ4v) is 1.99. The summed E-state index contributed by atoms with van der Waals surface area (Å²) in [5.74, 6) is -4.93. The molecule has 1 aromatic rings. The standard InChI is InChI=1S/C14H17F5O/c1-3-5-10-6-4-7-11(8-10)12(2,20)9-13(15,16)14(17,18)19/h4,6-8,20H,3,5,9H2,1-2H3. The summed E-state index contributed by atoms with van der Waals surface area (Å²) in [6.07, 6.45) is -5.89. The number of hydrogen-bond donors (Lipinski definition) is 1. The van der Waals surface area contributed by atoms with E-state index in [0.29, 0.717) is 6.42 Å². The van der Waals surface area contributed by atoms with E-state index in [1.165, 1.54) is 12.1 Å². The van der Waals surface area contributed by atoms with E-state index in [4.69, 9.17) is 0 Å². The maximum atomic E-state index is 13.1. The zero-order chi connectivity index (χ0) is 15.6. The molecule has 0 spiro atoms. The molecule has 1 unspecified atom stereocenters. The Labute approximate surface area is 114 Å². The van der Waals surface area contributed by atoms with Gasteiger partial charge in [-0.15, -0.1) is 0 Å². The second-order valence-corrected chi connectivity index (χ2v) is 5.10. The highest BCUT2D eigenvalue weighted by Gasteiger charge is 2.59. The van der Waals surface area contributed by atoms with Crippen molar-refractivity contribution in [2.24, 2.45) is 0 Å². The van der Waals surface area contributed by atoms with Crippen molar-refractivity contribution in [3.05, 3.63) is 35.4 Å². The van der Waals surface area contributed by atoms with Gasteiger partial charge in [-0.1, -0.05) is 37.6 Å². The number of halogens is 5.